The molecule has 0 aliphatic carbocycles. The molecule has 0 saturated carbocycles. The molecule has 158 valence electrons. The average Bonchev–Trinajstić information content (AvgIpc) is 3.37. The summed E-state index contributed by atoms with van der Waals surface area (Å²) in [5.41, 5.74) is 0.902. The van der Waals surface area contributed by atoms with Gasteiger partial charge in [-0.2, -0.15) is 5.10 Å². The van der Waals surface area contributed by atoms with Gasteiger partial charge in [-0.1, -0.05) is 39.7 Å². The van der Waals surface area contributed by atoms with E-state index in [9.17, 15) is 9.18 Å². The van der Waals surface area contributed by atoms with Gasteiger partial charge in [-0.25, -0.2) is 18.7 Å². The van der Waals surface area contributed by atoms with E-state index in [1.54, 1.807) is 36.5 Å². The zero-order valence-electron chi connectivity index (χ0n) is 15.9. The summed E-state index contributed by atoms with van der Waals surface area (Å²) >= 11 is 9.45. The number of benzene rings is 2. The van der Waals surface area contributed by atoms with Crippen LogP contribution in [0.1, 0.15) is 16.1 Å². The number of ether oxygens (including phenoxy) is 1. The van der Waals surface area contributed by atoms with Crippen LogP contribution in [0.5, 0.6) is 5.75 Å². The molecule has 0 atom stereocenters. The van der Waals surface area contributed by atoms with Gasteiger partial charge in [-0.3, -0.25) is 10.1 Å². The first-order chi connectivity index (χ1) is 15.0. The molecule has 31 heavy (non-hydrogen) atoms. The Morgan fingerprint density at radius 2 is 2.03 bits per heavy atom. The summed E-state index contributed by atoms with van der Waals surface area (Å²) in [4.78, 5) is 16.5. The maximum absolute atomic E-state index is 13.3. The lowest BCUT2D eigenvalue weighted by Gasteiger charge is -2.08. The Hall–Kier alpha value is -3.24. The van der Waals surface area contributed by atoms with Gasteiger partial charge < -0.3 is 4.74 Å². The van der Waals surface area contributed by atoms with Crippen LogP contribution in [-0.2, 0) is 13.3 Å². The van der Waals surface area contributed by atoms with Crippen LogP contribution in [-0.4, -0.2) is 30.5 Å². The van der Waals surface area contributed by atoms with E-state index in [0.29, 0.717) is 17.3 Å². The van der Waals surface area contributed by atoms with Crippen molar-refractivity contribution in [2.24, 2.45) is 0 Å². The Morgan fingerprint density at radius 3 is 2.84 bits per heavy atom. The summed E-state index contributed by atoms with van der Waals surface area (Å²) in [6.07, 6.45) is 3.06. The normalized spacial score (nSPS) is 10.8. The molecule has 1 N–H and O–H groups in total. The maximum atomic E-state index is 13.3. The van der Waals surface area contributed by atoms with Crippen LogP contribution < -0.4 is 10.1 Å². The first kappa shape index (κ1) is 21.0. The molecule has 2 heterocycles. The molecule has 2 aromatic carbocycles. The fourth-order valence-electron chi connectivity index (χ4n) is 2.70. The zero-order valence-corrected chi connectivity index (χ0v) is 18.2. The van der Waals surface area contributed by atoms with Gasteiger partial charge in [0.15, 0.2) is 12.4 Å². The van der Waals surface area contributed by atoms with E-state index in [-0.39, 0.29) is 24.2 Å². The number of amides is 1. The minimum atomic E-state index is -0.469. The lowest BCUT2D eigenvalue weighted by Crippen LogP contribution is -2.15. The summed E-state index contributed by atoms with van der Waals surface area (Å²) in [5, 5.41) is 11.4. The number of carbonyl (C=O) groups excluding carboxylic acids is 1. The van der Waals surface area contributed by atoms with Crippen LogP contribution in [0.4, 0.5) is 10.3 Å². The summed E-state index contributed by atoms with van der Waals surface area (Å²) < 4.78 is 22.7. The van der Waals surface area contributed by atoms with E-state index in [1.165, 1.54) is 27.8 Å². The van der Waals surface area contributed by atoms with Crippen LogP contribution in [0.2, 0.25) is 5.02 Å². The smallest absolute Gasteiger partial charge is 0.278 e. The topological polar surface area (TPSA) is 86.9 Å². The fraction of sp³-hybridized carbons (Fsp3) is 0.100. The Morgan fingerprint density at radius 1 is 1.16 bits per heavy atom. The van der Waals surface area contributed by atoms with Gasteiger partial charge in [0.1, 0.15) is 17.9 Å². The Balaban J connectivity index is 1.34. The SMILES string of the molecule is O=C(Nc1ncn(Cc2cccc(F)c2)n1)c1ccn(COc2ccc(Br)cc2Cl)n1. The molecule has 4 rings (SSSR count). The maximum Gasteiger partial charge on any atom is 0.278 e. The summed E-state index contributed by atoms with van der Waals surface area (Å²) in [5.74, 6) is -0.176. The van der Waals surface area contributed by atoms with Gasteiger partial charge in [0.25, 0.3) is 5.91 Å². The first-order valence-electron chi connectivity index (χ1n) is 9.03. The van der Waals surface area contributed by atoms with E-state index in [4.69, 9.17) is 16.3 Å². The molecule has 0 aliphatic heterocycles. The third-order valence-electron chi connectivity index (χ3n) is 4.11. The van der Waals surface area contributed by atoms with Crippen LogP contribution >= 0.6 is 27.5 Å². The summed E-state index contributed by atoms with van der Waals surface area (Å²) in [7, 11) is 0. The lowest BCUT2D eigenvalue weighted by molar-refractivity contribution is 0.101. The number of rotatable bonds is 7. The van der Waals surface area contributed by atoms with Crippen molar-refractivity contribution in [3.8, 4) is 5.75 Å². The van der Waals surface area contributed by atoms with Gasteiger partial charge in [0, 0.05) is 10.7 Å². The van der Waals surface area contributed by atoms with Gasteiger partial charge in [-0.15, -0.1) is 5.10 Å². The molecule has 0 saturated heterocycles. The molecule has 11 heteroatoms. The predicted molar refractivity (Wildman–Crippen MR) is 115 cm³/mol. The van der Waals surface area contributed by atoms with Crippen LogP contribution in [0.3, 0.4) is 0 Å². The molecular formula is C20H15BrClFN6O2. The van der Waals surface area contributed by atoms with E-state index in [0.717, 1.165) is 10.0 Å². The number of halogens is 3. The first-order valence-corrected chi connectivity index (χ1v) is 10.2. The van der Waals surface area contributed by atoms with E-state index >= 15 is 0 Å². The van der Waals surface area contributed by atoms with Crippen molar-refractivity contribution in [2.75, 3.05) is 5.32 Å². The second-order valence-electron chi connectivity index (χ2n) is 6.44. The molecule has 0 spiro atoms. The average molecular weight is 506 g/mol. The quantitative estimate of drug-likeness (QED) is 0.403. The highest BCUT2D eigenvalue weighted by molar-refractivity contribution is 9.10. The standard InChI is InChI=1S/C20H15BrClFN6O2/c21-14-4-5-18(16(22)9-14)31-12-28-7-6-17(26-28)19(30)25-20-24-11-29(27-20)10-13-2-1-3-15(23)8-13/h1-9,11H,10,12H2,(H,25,27,30). The van der Waals surface area contributed by atoms with E-state index < -0.39 is 5.91 Å². The van der Waals surface area contributed by atoms with Crippen molar-refractivity contribution in [2.45, 2.75) is 13.3 Å². The molecule has 0 fully saturated rings. The van der Waals surface area contributed by atoms with Crippen molar-refractivity contribution < 1.29 is 13.9 Å². The molecule has 4 aromatic rings. The minimum Gasteiger partial charge on any atom is -0.470 e. The van der Waals surface area contributed by atoms with Gasteiger partial charge in [-0.05, 0) is 42.0 Å². The Labute approximate surface area is 189 Å². The zero-order chi connectivity index (χ0) is 21.8. The van der Waals surface area contributed by atoms with E-state index in [2.05, 4.69) is 36.4 Å². The van der Waals surface area contributed by atoms with Crippen molar-refractivity contribution in [3.05, 3.63) is 87.6 Å². The molecular weight excluding hydrogens is 491 g/mol. The van der Waals surface area contributed by atoms with Crippen LogP contribution in [0.25, 0.3) is 0 Å². The number of carbonyl (C=O) groups is 1. The number of aromatic nitrogens is 5. The van der Waals surface area contributed by atoms with E-state index in [1.807, 2.05) is 6.07 Å². The minimum absolute atomic E-state index is 0.0785. The second kappa shape index (κ2) is 9.27. The second-order valence-corrected chi connectivity index (χ2v) is 7.76. The molecule has 0 radical (unpaired) electrons. The number of nitrogens with one attached hydrogen (secondary N) is 1. The fourth-order valence-corrected chi connectivity index (χ4v) is 3.43. The summed E-state index contributed by atoms with van der Waals surface area (Å²) in [6.45, 7) is 0.403. The highest BCUT2D eigenvalue weighted by atomic mass is 79.9. The Kier molecular flexibility index (Phi) is 6.28. The molecule has 0 aliphatic rings. The Bertz CT molecular complexity index is 1230. The number of hydrogen-bond donors (Lipinski definition) is 1. The molecule has 0 bridgehead atoms. The number of anilines is 1. The predicted octanol–water partition coefficient (Wildman–Crippen LogP) is 4.37. The molecule has 0 unspecified atom stereocenters. The largest absolute Gasteiger partial charge is 0.470 e. The third-order valence-corrected chi connectivity index (χ3v) is 4.90. The highest BCUT2D eigenvalue weighted by Gasteiger charge is 2.13. The van der Waals surface area contributed by atoms with Crippen molar-refractivity contribution >= 4 is 39.4 Å². The molecule has 2 aromatic heterocycles. The highest BCUT2D eigenvalue weighted by Crippen LogP contribution is 2.27. The molecule has 1 amide bonds. The van der Waals surface area contributed by atoms with Crippen LogP contribution in [0.15, 0.2) is 65.5 Å². The van der Waals surface area contributed by atoms with Crippen LogP contribution in [0, 0.1) is 5.82 Å². The van der Waals surface area contributed by atoms with Gasteiger partial charge >= 0.3 is 0 Å². The van der Waals surface area contributed by atoms with Crippen molar-refractivity contribution in [1.29, 1.82) is 0 Å². The van der Waals surface area contributed by atoms with Gasteiger partial charge in [0.2, 0.25) is 5.95 Å². The lowest BCUT2D eigenvalue weighted by atomic mass is 10.2. The third kappa shape index (κ3) is 5.47. The van der Waals surface area contributed by atoms with Crippen molar-refractivity contribution in [1.82, 2.24) is 24.5 Å². The number of nitrogens with zero attached hydrogens (tertiary/aromatic N) is 5. The molecule has 8 nitrogen and oxygen atoms in total. The monoisotopic (exact) mass is 504 g/mol. The number of hydrogen-bond acceptors (Lipinski definition) is 5. The van der Waals surface area contributed by atoms with Crippen molar-refractivity contribution in [3.63, 3.8) is 0 Å². The van der Waals surface area contributed by atoms with Gasteiger partial charge in [0.05, 0.1) is 11.6 Å². The summed E-state index contributed by atoms with van der Waals surface area (Å²) in [6, 6.07) is 13.0.